The Morgan fingerprint density at radius 3 is 2.26 bits per heavy atom. The summed E-state index contributed by atoms with van der Waals surface area (Å²) in [6, 6.07) is 9.46. The molecule has 0 aliphatic carbocycles. The molecule has 174 valence electrons. The number of aliphatic hydroxyl groups is 1. The van der Waals surface area contributed by atoms with Crippen LogP contribution < -0.4 is 15.2 Å². The van der Waals surface area contributed by atoms with Gasteiger partial charge in [-0.2, -0.15) is 0 Å². The Bertz CT molecular complexity index is 841. The monoisotopic (exact) mass is 451 g/mol. The van der Waals surface area contributed by atoms with Crippen molar-refractivity contribution in [2.24, 2.45) is 5.14 Å². The van der Waals surface area contributed by atoms with Gasteiger partial charge in [-0.05, 0) is 56.7 Å². The first kappa shape index (κ1) is 26.9. The first-order valence-corrected chi connectivity index (χ1v) is 12.3. The summed E-state index contributed by atoms with van der Waals surface area (Å²) in [5.41, 5.74) is 1.15. The Hall–Kier alpha value is -2.13. The fourth-order valence-electron chi connectivity index (χ4n) is 2.90. The predicted octanol–water partition coefficient (Wildman–Crippen LogP) is 3.47. The van der Waals surface area contributed by atoms with Gasteiger partial charge in [-0.3, -0.25) is 5.32 Å². The molecule has 1 atom stereocenters. The van der Waals surface area contributed by atoms with Crippen LogP contribution in [0.15, 0.2) is 64.9 Å². The molecule has 0 heterocycles. The SMILES string of the molecule is CCCCN(CCCC)C(/C=C(\C=C\S(N)(=O)=O)C(O)NC)=C(/C)Oc1ccccc1. The maximum absolute atomic E-state index is 11.4. The molecule has 0 bridgehead atoms. The van der Waals surface area contributed by atoms with Gasteiger partial charge in [0, 0.05) is 18.5 Å². The third-order valence-electron chi connectivity index (χ3n) is 4.62. The number of allylic oxidation sites excluding steroid dienone is 2. The van der Waals surface area contributed by atoms with Gasteiger partial charge in [0.05, 0.1) is 5.70 Å². The minimum atomic E-state index is -3.84. The molecule has 31 heavy (non-hydrogen) atoms. The largest absolute Gasteiger partial charge is 0.460 e. The zero-order valence-corrected chi connectivity index (χ0v) is 19.9. The quantitative estimate of drug-likeness (QED) is 0.227. The maximum Gasteiger partial charge on any atom is 0.231 e. The Morgan fingerprint density at radius 1 is 1.19 bits per heavy atom. The number of hydrogen-bond acceptors (Lipinski definition) is 6. The van der Waals surface area contributed by atoms with Crippen molar-refractivity contribution in [3.63, 3.8) is 0 Å². The molecule has 0 spiro atoms. The Labute approximate surface area is 187 Å². The van der Waals surface area contributed by atoms with Crippen molar-refractivity contribution in [2.75, 3.05) is 20.1 Å². The highest BCUT2D eigenvalue weighted by atomic mass is 32.2. The number of benzene rings is 1. The summed E-state index contributed by atoms with van der Waals surface area (Å²) < 4.78 is 29.0. The standard InChI is InChI=1S/C23H37N3O4S/c1-5-7-15-26(16-8-6-2)22(19(3)30-21-12-10-9-11-13-21)18-20(23(27)25-4)14-17-31(24,28)29/h9-14,17-18,23,25,27H,5-8,15-16H2,1-4H3,(H2,24,28,29)/b17-14+,20-18+,22-19-. The number of primary sulfonamides is 1. The van der Waals surface area contributed by atoms with Crippen LogP contribution in [-0.2, 0) is 10.0 Å². The van der Waals surface area contributed by atoms with Crippen molar-refractivity contribution < 1.29 is 18.3 Å². The van der Waals surface area contributed by atoms with E-state index in [4.69, 9.17) is 9.88 Å². The molecule has 0 radical (unpaired) electrons. The van der Waals surface area contributed by atoms with Crippen molar-refractivity contribution in [3.8, 4) is 5.75 Å². The Morgan fingerprint density at radius 2 is 1.77 bits per heavy atom. The number of nitrogens with zero attached hydrogens (tertiary/aromatic N) is 1. The van der Waals surface area contributed by atoms with E-state index in [-0.39, 0.29) is 0 Å². The summed E-state index contributed by atoms with van der Waals surface area (Å²) >= 11 is 0. The first-order valence-electron chi connectivity index (χ1n) is 10.7. The number of aliphatic hydroxyl groups excluding tert-OH is 1. The lowest BCUT2D eigenvalue weighted by atomic mass is 10.1. The van der Waals surface area contributed by atoms with Crippen LogP contribution in [0, 0.1) is 0 Å². The van der Waals surface area contributed by atoms with Crippen LogP contribution in [0.25, 0.3) is 0 Å². The van der Waals surface area contributed by atoms with Gasteiger partial charge in [0.25, 0.3) is 0 Å². The summed E-state index contributed by atoms with van der Waals surface area (Å²) in [6.07, 6.45) is 6.06. The van der Waals surface area contributed by atoms with Crippen LogP contribution in [0.4, 0.5) is 0 Å². The van der Waals surface area contributed by atoms with Gasteiger partial charge in [-0.25, -0.2) is 13.6 Å². The molecular formula is C23H37N3O4S. The smallest absolute Gasteiger partial charge is 0.231 e. The lowest BCUT2D eigenvalue weighted by Gasteiger charge is -2.28. The minimum Gasteiger partial charge on any atom is -0.460 e. The second-order valence-electron chi connectivity index (χ2n) is 7.28. The maximum atomic E-state index is 11.4. The Kier molecular flexibility index (Phi) is 12.2. The van der Waals surface area contributed by atoms with Crippen molar-refractivity contribution in [1.82, 2.24) is 10.2 Å². The number of ether oxygens (including phenoxy) is 1. The van der Waals surface area contributed by atoms with E-state index >= 15 is 0 Å². The molecule has 0 saturated carbocycles. The molecule has 7 nitrogen and oxygen atoms in total. The highest BCUT2D eigenvalue weighted by molar-refractivity contribution is 7.92. The van der Waals surface area contributed by atoms with Gasteiger partial charge in [0.15, 0.2) is 0 Å². The average Bonchev–Trinajstić information content (AvgIpc) is 2.74. The van der Waals surface area contributed by atoms with Gasteiger partial charge in [-0.15, -0.1) is 0 Å². The van der Waals surface area contributed by atoms with E-state index in [1.807, 2.05) is 37.3 Å². The van der Waals surface area contributed by atoms with Crippen molar-refractivity contribution >= 4 is 10.0 Å². The van der Waals surface area contributed by atoms with E-state index in [1.165, 1.54) is 6.08 Å². The summed E-state index contributed by atoms with van der Waals surface area (Å²) in [5, 5.41) is 19.2. The molecule has 0 aromatic heterocycles. The lowest BCUT2D eigenvalue weighted by molar-refractivity contribution is 0.186. The molecule has 0 saturated heterocycles. The van der Waals surface area contributed by atoms with Crippen LogP contribution >= 0.6 is 0 Å². The number of hydrogen-bond donors (Lipinski definition) is 3. The fourth-order valence-corrected chi connectivity index (χ4v) is 3.25. The van der Waals surface area contributed by atoms with Gasteiger partial charge >= 0.3 is 0 Å². The number of unbranched alkanes of at least 4 members (excludes halogenated alkanes) is 2. The molecule has 1 unspecified atom stereocenters. The molecule has 1 aromatic carbocycles. The summed E-state index contributed by atoms with van der Waals surface area (Å²) in [6.45, 7) is 7.78. The number of rotatable bonds is 14. The second kappa shape index (κ2) is 14.0. The van der Waals surface area contributed by atoms with E-state index in [0.717, 1.165) is 49.9 Å². The van der Waals surface area contributed by atoms with Crippen LogP contribution in [0.2, 0.25) is 0 Å². The fraction of sp³-hybridized carbons (Fsp3) is 0.478. The third kappa shape index (κ3) is 10.6. The zero-order valence-electron chi connectivity index (χ0n) is 19.0. The number of nitrogens with one attached hydrogen (secondary N) is 1. The molecule has 0 aliphatic heterocycles. The van der Waals surface area contributed by atoms with Crippen LogP contribution in [-0.4, -0.2) is 44.8 Å². The van der Waals surface area contributed by atoms with Crippen LogP contribution in [0.5, 0.6) is 5.75 Å². The summed E-state index contributed by atoms with van der Waals surface area (Å²) in [5.74, 6) is 1.36. The molecule has 4 N–H and O–H groups in total. The number of likely N-dealkylation sites (N-methyl/N-ethyl adjacent to an activating group) is 1. The van der Waals surface area contributed by atoms with Crippen molar-refractivity contribution in [3.05, 3.63) is 64.9 Å². The molecule has 0 aliphatic rings. The van der Waals surface area contributed by atoms with Crippen LogP contribution in [0.3, 0.4) is 0 Å². The van der Waals surface area contributed by atoms with Gasteiger partial charge in [0.2, 0.25) is 10.0 Å². The molecule has 1 rings (SSSR count). The topological polar surface area (TPSA) is 105 Å². The lowest BCUT2D eigenvalue weighted by Crippen LogP contribution is -2.29. The van der Waals surface area contributed by atoms with Gasteiger partial charge in [0.1, 0.15) is 17.7 Å². The molecule has 8 heteroatoms. The van der Waals surface area contributed by atoms with Crippen molar-refractivity contribution in [1.29, 1.82) is 0 Å². The number of para-hydroxylation sites is 1. The second-order valence-corrected chi connectivity index (χ2v) is 8.73. The van der Waals surface area contributed by atoms with Crippen molar-refractivity contribution in [2.45, 2.75) is 52.7 Å². The molecular weight excluding hydrogens is 414 g/mol. The highest BCUT2D eigenvalue weighted by Gasteiger charge is 2.16. The third-order valence-corrected chi connectivity index (χ3v) is 5.14. The zero-order chi connectivity index (χ0) is 23.3. The summed E-state index contributed by atoms with van der Waals surface area (Å²) in [4.78, 5) is 2.22. The number of nitrogens with two attached hydrogens (primary N) is 1. The highest BCUT2D eigenvalue weighted by Crippen LogP contribution is 2.22. The van der Waals surface area contributed by atoms with E-state index in [9.17, 15) is 13.5 Å². The average molecular weight is 452 g/mol. The van der Waals surface area contributed by atoms with E-state index in [0.29, 0.717) is 17.1 Å². The van der Waals surface area contributed by atoms with E-state index < -0.39 is 16.3 Å². The predicted molar refractivity (Wildman–Crippen MR) is 127 cm³/mol. The minimum absolute atomic E-state index is 0.362. The van der Waals surface area contributed by atoms with E-state index in [2.05, 4.69) is 24.1 Å². The molecule has 0 amide bonds. The summed E-state index contributed by atoms with van der Waals surface area (Å²) in [7, 11) is -2.25. The molecule has 0 fully saturated rings. The van der Waals surface area contributed by atoms with Gasteiger partial charge < -0.3 is 14.7 Å². The first-order chi connectivity index (χ1) is 14.7. The number of sulfonamides is 1. The normalized spacial score (nSPS) is 14.5. The van der Waals surface area contributed by atoms with Gasteiger partial charge in [-0.1, -0.05) is 44.9 Å². The molecule has 1 aromatic rings. The van der Waals surface area contributed by atoms with E-state index in [1.54, 1.807) is 13.1 Å². The van der Waals surface area contributed by atoms with Crippen LogP contribution in [0.1, 0.15) is 46.5 Å². The Balaban J connectivity index is 3.52.